The number of nitrogens with zero attached hydrogens (tertiary/aromatic N) is 2. The van der Waals surface area contributed by atoms with Crippen molar-refractivity contribution in [1.29, 1.82) is 0 Å². The predicted molar refractivity (Wildman–Crippen MR) is 48.5 cm³/mol. The fraction of sp³-hybridized carbons (Fsp3) is 0.750. The van der Waals surface area contributed by atoms with Crippen LogP contribution in [0.15, 0.2) is 0 Å². The van der Waals surface area contributed by atoms with Gasteiger partial charge in [-0.25, -0.2) is 14.8 Å². The van der Waals surface area contributed by atoms with Crippen LogP contribution in [-0.4, -0.2) is 52.5 Å². The summed E-state index contributed by atoms with van der Waals surface area (Å²) in [6, 6.07) is -0.567. The highest BCUT2D eigenvalue weighted by Crippen LogP contribution is 2.24. The molecule has 2 heterocycles. The number of carbonyl (C=O) groups excluding carboxylic acids is 1. The van der Waals surface area contributed by atoms with Gasteiger partial charge in [0.1, 0.15) is 6.04 Å². The second-order valence-corrected chi connectivity index (χ2v) is 3.68. The van der Waals surface area contributed by atoms with Crippen molar-refractivity contribution < 1.29 is 19.4 Å². The van der Waals surface area contributed by atoms with Gasteiger partial charge < -0.3 is 15.6 Å². The molecule has 0 aromatic carbocycles. The summed E-state index contributed by atoms with van der Waals surface area (Å²) in [6.45, 7) is 1.16. The van der Waals surface area contributed by atoms with Gasteiger partial charge in [0.15, 0.2) is 6.23 Å². The first kappa shape index (κ1) is 10.2. The Hall–Kier alpha value is -1.34. The van der Waals surface area contributed by atoms with Crippen LogP contribution in [-0.2, 0) is 9.53 Å². The molecule has 2 aliphatic rings. The molecule has 2 aliphatic heterocycles. The number of hydrogen-bond acceptors (Lipinski definition) is 5. The van der Waals surface area contributed by atoms with Gasteiger partial charge >= 0.3 is 6.16 Å². The molecular formula is C8H13N3O4. The topological polar surface area (TPSA) is 96.1 Å². The SMILES string of the molecule is NC1CN2CCCC(OC(=O)O)N2C1=O. The van der Waals surface area contributed by atoms with Gasteiger partial charge in [-0.1, -0.05) is 0 Å². The maximum Gasteiger partial charge on any atom is 0.507 e. The van der Waals surface area contributed by atoms with E-state index in [-0.39, 0.29) is 5.91 Å². The molecule has 15 heavy (non-hydrogen) atoms. The molecule has 2 saturated heterocycles. The summed E-state index contributed by atoms with van der Waals surface area (Å²) in [5, 5.41) is 11.6. The van der Waals surface area contributed by atoms with Crippen molar-refractivity contribution in [1.82, 2.24) is 10.0 Å². The minimum absolute atomic E-state index is 0.263. The highest BCUT2D eigenvalue weighted by Gasteiger charge is 2.43. The van der Waals surface area contributed by atoms with Gasteiger partial charge in [-0.15, -0.1) is 0 Å². The average molecular weight is 215 g/mol. The molecule has 0 aliphatic carbocycles. The fourth-order valence-corrected chi connectivity index (χ4v) is 2.02. The Kier molecular flexibility index (Phi) is 2.49. The highest BCUT2D eigenvalue weighted by molar-refractivity contribution is 5.83. The van der Waals surface area contributed by atoms with Crippen LogP contribution in [0.4, 0.5) is 4.79 Å². The number of fused-ring (bicyclic) bond motifs is 1. The van der Waals surface area contributed by atoms with Gasteiger partial charge in [0, 0.05) is 19.5 Å². The number of ether oxygens (including phenoxy) is 1. The minimum atomic E-state index is -1.37. The van der Waals surface area contributed by atoms with Gasteiger partial charge in [0.05, 0.1) is 0 Å². The Bertz CT molecular complexity index is 296. The zero-order valence-corrected chi connectivity index (χ0v) is 8.13. The van der Waals surface area contributed by atoms with Crippen LogP contribution < -0.4 is 5.73 Å². The molecule has 3 N–H and O–H groups in total. The van der Waals surface area contributed by atoms with Crippen LogP contribution in [0.5, 0.6) is 0 Å². The van der Waals surface area contributed by atoms with Gasteiger partial charge in [0.25, 0.3) is 5.91 Å². The Morgan fingerprint density at radius 3 is 3.00 bits per heavy atom. The molecule has 2 rings (SSSR count). The van der Waals surface area contributed by atoms with E-state index < -0.39 is 18.4 Å². The quantitative estimate of drug-likeness (QED) is 0.555. The van der Waals surface area contributed by atoms with E-state index in [0.717, 1.165) is 13.0 Å². The smallest absolute Gasteiger partial charge is 0.450 e. The lowest BCUT2D eigenvalue weighted by molar-refractivity contribution is -0.173. The summed E-state index contributed by atoms with van der Waals surface area (Å²) in [7, 11) is 0. The van der Waals surface area contributed by atoms with Crippen LogP contribution in [0.3, 0.4) is 0 Å². The van der Waals surface area contributed by atoms with Crippen LogP contribution in [0.25, 0.3) is 0 Å². The van der Waals surface area contributed by atoms with Crippen molar-refractivity contribution in [2.24, 2.45) is 5.73 Å². The minimum Gasteiger partial charge on any atom is -0.450 e. The van der Waals surface area contributed by atoms with E-state index in [1.54, 1.807) is 5.01 Å². The molecule has 2 fully saturated rings. The van der Waals surface area contributed by atoms with E-state index in [9.17, 15) is 9.59 Å². The summed E-state index contributed by atoms with van der Waals surface area (Å²) < 4.78 is 4.65. The number of hydrazine groups is 1. The van der Waals surface area contributed by atoms with Crippen LogP contribution in [0.2, 0.25) is 0 Å². The summed E-state index contributed by atoms with van der Waals surface area (Å²) >= 11 is 0. The van der Waals surface area contributed by atoms with Gasteiger partial charge in [-0.05, 0) is 6.42 Å². The second-order valence-electron chi connectivity index (χ2n) is 3.68. The van der Waals surface area contributed by atoms with Gasteiger partial charge in [-0.2, -0.15) is 0 Å². The average Bonchev–Trinajstić information content (AvgIpc) is 2.43. The number of hydrogen-bond donors (Lipinski definition) is 2. The maximum absolute atomic E-state index is 11.6. The Balaban J connectivity index is 2.12. The molecule has 2 unspecified atom stereocenters. The predicted octanol–water partition coefficient (Wildman–Crippen LogP) is -0.813. The second kappa shape index (κ2) is 3.67. The number of amides is 1. The van der Waals surface area contributed by atoms with E-state index in [1.165, 1.54) is 5.01 Å². The molecule has 84 valence electrons. The monoisotopic (exact) mass is 215 g/mol. The summed E-state index contributed by atoms with van der Waals surface area (Å²) in [5.74, 6) is -0.263. The van der Waals surface area contributed by atoms with E-state index in [1.807, 2.05) is 0 Å². The van der Waals surface area contributed by atoms with E-state index in [0.29, 0.717) is 13.0 Å². The lowest BCUT2D eigenvalue weighted by Gasteiger charge is -2.37. The first-order chi connectivity index (χ1) is 7.09. The summed E-state index contributed by atoms with van der Waals surface area (Å²) in [6.07, 6.45) is -0.747. The van der Waals surface area contributed by atoms with E-state index in [2.05, 4.69) is 4.74 Å². The molecule has 0 radical (unpaired) electrons. The third kappa shape index (κ3) is 1.75. The van der Waals surface area contributed by atoms with Crippen LogP contribution in [0, 0.1) is 0 Å². The molecule has 0 saturated carbocycles. The number of carbonyl (C=O) groups is 2. The van der Waals surface area contributed by atoms with Crippen LogP contribution >= 0.6 is 0 Å². The lowest BCUT2D eigenvalue weighted by Crippen LogP contribution is -2.52. The fourth-order valence-electron chi connectivity index (χ4n) is 2.02. The maximum atomic E-state index is 11.6. The van der Waals surface area contributed by atoms with Crippen molar-refractivity contribution in [3.8, 4) is 0 Å². The molecule has 1 amide bonds. The first-order valence-corrected chi connectivity index (χ1v) is 4.82. The van der Waals surface area contributed by atoms with Gasteiger partial charge in [0.2, 0.25) is 0 Å². The van der Waals surface area contributed by atoms with Gasteiger partial charge in [-0.3, -0.25) is 4.79 Å². The van der Waals surface area contributed by atoms with Crippen molar-refractivity contribution in [3.05, 3.63) is 0 Å². The van der Waals surface area contributed by atoms with Crippen LogP contribution in [0.1, 0.15) is 12.8 Å². The van der Waals surface area contributed by atoms with Crippen molar-refractivity contribution in [3.63, 3.8) is 0 Å². The summed E-state index contributed by atoms with van der Waals surface area (Å²) in [5.41, 5.74) is 5.60. The molecule has 0 bridgehead atoms. The Morgan fingerprint density at radius 1 is 1.60 bits per heavy atom. The first-order valence-electron chi connectivity index (χ1n) is 4.82. The molecule has 0 aromatic rings. The third-order valence-electron chi connectivity index (χ3n) is 2.63. The number of rotatable bonds is 1. The lowest BCUT2D eigenvalue weighted by atomic mass is 10.2. The van der Waals surface area contributed by atoms with Crippen molar-refractivity contribution in [2.75, 3.05) is 13.1 Å². The number of nitrogens with two attached hydrogens (primary N) is 1. The zero-order chi connectivity index (χ0) is 11.0. The highest BCUT2D eigenvalue weighted by atomic mass is 16.7. The van der Waals surface area contributed by atoms with Crippen molar-refractivity contribution in [2.45, 2.75) is 25.1 Å². The Morgan fingerprint density at radius 2 is 2.33 bits per heavy atom. The summed E-state index contributed by atoms with van der Waals surface area (Å²) in [4.78, 5) is 22.1. The Labute approximate surface area is 86.3 Å². The third-order valence-corrected chi connectivity index (χ3v) is 2.63. The van der Waals surface area contributed by atoms with E-state index in [4.69, 9.17) is 10.8 Å². The van der Waals surface area contributed by atoms with E-state index >= 15 is 0 Å². The largest absolute Gasteiger partial charge is 0.507 e. The zero-order valence-electron chi connectivity index (χ0n) is 8.13. The molecule has 0 aromatic heterocycles. The molecular weight excluding hydrogens is 202 g/mol. The molecule has 7 nitrogen and oxygen atoms in total. The molecule has 7 heteroatoms. The molecule has 2 atom stereocenters. The standard InChI is InChI=1S/C8H13N3O4/c9-5-4-10-3-1-2-6(15-8(13)14)11(10)7(5)12/h5-6H,1-4,9H2,(H,13,14). The molecule has 0 spiro atoms. The normalized spacial score (nSPS) is 31.5. The number of carboxylic acid groups (broad SMARTS) is 1. The van der Waals surface area contributed by atoms with Crippen molar-refractivity contribution >= 4 is 12.1 Å².